The Kier molecular flexibility index (Phi) is 4.30. The van der Waals surface area contributed by atoms with Crippen LogP contribution in [0, 0.1) is 6.92 Å². The Labute approximate surface area is 162 Å². The quantitative estimate of drug-likeness (QED) is 0.544. The van der Waals surface area contributed by atoms with E-state index in [9.17, 15) is 0 Å². The summed E-state index contributed by atoms with van der Waals surface area (Å²) in [5.41, 5.74) is 3.07. The molecule has 0 saturated carbocycles. The third-order valence-electron chi connectivity index (χ3n) is 5.33. The van der Waals surface area contributed by atoms with Crippen LogP contribution in [0.5, 0.6) is 0 Å². The fourth-order valence-corrected chi connectivity index (χ4v) is 4.60. The summed E-state index contributed by atoms with van der Waals surface area (Å²) in [5, 5.41) is 7.96. The van der Waals surface area contributed by atoms with Gasteiger partial charge >= 0.3 is 0 Å². The minimum atomic E-state index is 0.932. The smallest absolute Gasteiger partial charge is 0.158 e. The average Bonchev–Trinajstić information content (AvgIpc) is 3.35. The van der Waals surface area contributed by atoms with Crippen LogP contribution in [0.3, 0.4) is 0 Å². The van der Waals surface area contributed by atoms with E-state index >= 15 is 0 Å². The van der Waals surface area contributed by atoms with Gasteiger partial charge in [0.1, 0.15) is 5.82 Å². The SMILES string of the molecule is Cc1cc2nc(N3CCN(CCc4cccs4)CC3)c3ccccc3n2n1. The van der Waals surface area contributed by atoms with Gasteiger partial charge < -0.3 is 4.90 Å². The highest BCUT2D eigenvalue weighted by Gasteiger charge is 2.21. The molecule has 4 heterocycles. The van der Waals surface area contributed by atoms with Crippen molar-refractivity contribution in [3.8, 4) is 0 Å². The van der Waals surface area contributed by atoms with Crippen molar-refractivity contribution in [3.63, 3.8) is 0 Å². The predicted molar refractivity (Wildman–Crippen MR) is 112 cm³/mol. The normalized spacial score (nSPS) is 15.8. The van der Waals surface area contributed by atoms with Gasteiger partial charge in [-0.2, -0.15) is 5.10 Å². The molecule has 0 unspecified atom stereocenters. The Morgan fingerprint density at radius 2 is 1.89 bits per heavy atom. The number of piperazine rings is 1. The van der Waals surface area contributed by atoms with Crippen LogP contribution in [0.4, 0.5) is 5.82 Å². The van der Waals surface area contributed by atoms with E-state index in [2.05, 4.69) is 62.7 Å². The maximum absolute atomic E-state index is 4.97. The standard InChI is InChI=1S/C21H23N5S/c1-16-15-20-22-21(18-6-2-3-7-19(18)26(20)23-16)25-12-10-24(11-13-25)9-8-17-5-4-14-27-17/h2-7,14-15H,8-13H2,1H3. The Balaban J connectivity index is 1.38. The molecule has 138 valence electrons. The highest BCUT2D eigenvalue weighted by Crippen LogP contribution is 2.27. The number of nitrogens with zero attached hydrogens (tertiary/aromatic N) is 5. The first kappa shape index (κ1) is 16.7. The monoisotopic (exact) mass is 377 g/mol. The molecule has 3 aromatic heterocycles. The summed E-state index contributed by atoms with van der Waals surface area (Å²) in [7, 11) is 0. The molecule has 27 heavy (non-hydrogen) atoms. The lowest BCUT2D eigenvalue weighted by atomic mass is 10.2. The van der Waals surface area contributed by atoms with Gasteiger partial charge in [-0.15, -0.1) is 11.3 Å². The first-order valence-electron chi connectivity index (χ1n) is 9.53. The number of rotatable bonds is 4. The summed E-state index contributed by atoms with van der Waals surface area (Å²) in [5.74, 6) is 1.09. The van der Waals surface area contributed by atoms with Gasteiger partial charge in [-0.1, -0.05) is 18.2 Å². The first-order valence-corrected chi connectivity index (χ1v) is 10.4. The van der Waals surface area contributed by atoms with Crippen molar-refractivity contribution < 1.29 is 0 Å². The summed E-state index contributed by atoms with van der Waals surface area (Å²) in [6.07, 6.45) is 1.15. The topological polar surface area (TPSA) is 36.7 Å². The Morgan fingerprint density at radius 3 is 2.70 bits per heavy atom. The summed E-state index contributed by atoms with van der Waals surface area (Å²) in [6.45, 7) is 7.38. The lowest BCUT2D eigenvalue weighted by molar-refractivity contribution is 0.261. The maximum Gasteiger partial charge on any atom is 0.158 e. The lowest BCUT2D eigenvalue weighted by Gasteiger charge is -2.35. The molecule has 0 radical (unpaired) electrons. The molecule has 0 spiro atoms. The van der Waals surface area contributed by atoms with Crippen molar-refractivity contribution in [1.29, 1.82) is 0 Å². The number of thiophene rings is 1. The van der Waals surface area contributed by atoms with E-state index in [-0.39, 0.29) is 0 Å². The molecule has 4 aromatic rings. The van der Waals surface area contributed by atoms with E-state index in [1.807, 2.05) is 22.8 Å². The zero-order valence-electron chi connectivity index (χ0n) is 15.5. The van der Waals surface area contributed by atoms with Crippen LogP contribution in [-0.2, 0) is 6.42 Å². The highest BCUT2D eigenvalue weighted by atomic mass is 32.1. The summed E-state index contributed by atoms with van der Waals surface area (Å²) in [6, 6.07) is 14.9. The van der Waals surface area contributed by atoms with Gasteiger partial charge in [0, 0.05) is 49.1 Å². The number of hydrogen-bond acceptors (Lipinski definition) is 5. The van der Waals surface area contributed by atoms with Crippen LogP contribution in [0.15, 0.2) is 47.8 Å². The summed E-state index contributed by atoms with van der Waals surface area (Å²) >= 11 is 1.86. The fourth-order valence-electron chi connectivity index (χ4n) is 3.91. The highest BCUT2D eigenvalue weighted by molar-refractivity contribution is 7.09. The van der Waals surface area contributed by atoms with Crippen molar-refractivity contribution in [3.05, 3.63) is 58.4 Å². The number of hydrogen-bond donors (Lipinski definition) is 0. The molecular formula is C21H23N5S. The Morgan fingerprint density at radius 1 is 1.04 bits per heavy atom. The second-order valence-corrected chi connectivity index (χ2v) is 8.20. The van der Waals surface area contributed by atoms with Crippen LogP contribution in [-0.4, -0.2) is 52.2 Å². The molecule has 0 bridgehead atoms. The lowest BCUT2D eigenvalue weighted by Crippen LogP contribution is -2.47. The van der Waals surface area contributed by atoms with Crippen molar-refractivity contribution in [1.82, 2.24) is 19.5 Å². The van der Waals surface area contributed by atoms with E-state index in [1.165, 1.54) is 10.3 Å². The summed E-state index contributed by atoms with van der Waals surface area (Å²) in [4.78, 5) is 11.5. The molecule has 1 aliphatic rings. The van der Waals surface area contributed by atoms with Crippen molar-refractivity contribution in [2.75, 3.05) is 37.6 Å². The van der Waals surface area contributed by atoms with Crippen LogP contribution in [0.2, 0.25) is 0 Å². The molecule has 0 atom stereocenters. The molecule has 1 aliphatic heterocycles. The Bertz CT molecular complexity index is 1060. The number of aromatic nitrogens is 3. The second kappa shape index (κ2) is 6.94. The number of fused-ring (bicyclic) bond motifs is 3. The van der Waals surface area contributed by atoms with E-state index in [4.69, 9.17) is 4.98 Å². The zero-order valence-corrected chi connectivity index (χ0v) is 16.3. The first-order chi connectivity index (χ1) is 13.3. The Hall–Kier alpha value is -2.44. The van der Waals surface area contributed by atoms with Crippen LogP contribution in [0.25, 0.3) is 16.6 Å². The molecule has 1 fully saturated rings. The van der Waals surface area contributed by atoms with Crippen LogP contribution in [0.1, 0.15) is 10.6 Å². The predicted octanol–water partition coefficient (Wildman–Crippen LogP) is 3.62. The molecule has 1 saturated heterocycles. The minimum Gasteiger partial charge on any atom is -0.353 e. The molecule has 5 nitrogen and oxygen atoms in total. The van der Waals surface area contributed by atoms with E-state index in [0.717, 1.165) is 61.8 Å². The third-order valence-corrected chi connectivity index (χ3v) is 6.27. The molecule has 0 N–H and O–H groups in total. The third kappa shape index (κ3) is 3.19. The molecule has 0 aliphatic carbocycles. The number of benzene rings is 1. The van der Waals surface area contributed by atoms with Crippen LogP contribution < -0.4 is 4.90 Å². The van der Waals surface area contributed by atoms with Gasteiger partial charge in [-0.05, 0) is 36.9 Å². The average molecular weight is 378 g/mol. The number of para-hydroxylation sites is 1. The van der Waals surface area contributed by atoms with Gasteiger partial charge in [0.05, 0.1) is 11.2 Å². The van der Waals surface area contributed by atoms with Gasteiger partial charge in [-0.3, -0.25) is 4.90 Å². The zero-order chi connectivity index (χ0) is 18.2. The van der Waals surface area contributed by atoms with E-state index in [0.29, 0.717) is 0 Å². The second-order valence-electron chi connectivity index (χ2n) is 7.17. The van der Waals surface area contributed by atoms with Crippen molar-refractivity contribution in [2.24, 2.45) is 0 Å². The van der Waals surface area contributed by atoms with Gasteiger partial charge in [0.25, 0.3) is 0 Å². The molecule has 6 heteroatoms. The molecular weight excluding hydrogens is 354 g/mol. The minimum absolute atomic E-state index is 0.932. The maximum atomic E-state index is 4.97. The van der Waals surface area contributed by atoms with Gasteiger partial charge in [0.15, 0.2) is 5.65 Å². The van der Waals surface area contributed by atoms with E-state index < -0.39 is 0 Å². The summed E-state index contributed by atoms with van der Waals surface area (Å²) < 4.78 is 1.96. The largest absolute Gasteiger partial charge is 0.353 e. The number of aryl methyl sites for hydroxylation is 1. The van der Waals surface area contributed by atoms with Gasteiger partial charge in [-0.25, -0.2) is 9.50 Å². The van der Waals surface area contributed by atoms with Gasteiger partial charge in [0.2, 0.25) is 0 Å². The van der Waals surface area contributed by atoms with Crippen LogP contribution >= 0.6 is 11.3 Å². The van der Waals surface area contributed by atoms with Crippen molar-refractivity contribution >= 4 is 33.7 Å². The molecule has 5 rings (SSSR count). The molecule has 0 amide bonds. The fraction of sp³-hybridized carbons (Fsp3) is 0.333. The number of anilines is 1. The van der Waals surface area contributed by atoms with Crippen molar-refractivity contribution in [2.45, 2.75) is 13.3 Å². The van der Waals surface area contributed by atoms with E-state index in [1.54, 1.807) is 0 Å². The molecule has 1 aromatic carbocycles.